The molecule has 0 fully saturated rings. The number of rotatable bonds is 4. The lowest BCUT2D eigenvalue weighted by atomic mass is 9.95. The van der Waals surface area contributed by atoms with Gasteiger partial charge in [0.1, 0.15) is 10.8 Å². The summed E-state index contributed by atoms with van der Waals surface area (Å²) in [4.78, 5) is 13.5. The lowest BCUT2D eigenvalue weighted by Crippen LogP contribution is -2.21. The van der Waals surface area contributed by atoms with Gasteiger partial charge in [0.15, 0.2) is 5.11 Å². The van der Waals surface area contributed by atoms with E-state index in [-0.39, 0.29) is 11.7 Å². The van der Waals surface area contributed by atoms with Crippen LogP contribution in [0.15, 0.2) is 18.2 Å². The van der Waals surface area contributed by atoms with E-state index < -0.39 is 29.2 Å². The number of halogens is 4. The third kappa shape index (κ3) is 4.87. The number of carbonyl (C=O) groups is 1. The fraction of sp³-hybridized carbons (Fsp3) is 0.368. The van der Waals surface area contributed by atoms with Crippen LogP contribution in [-0.2, 0) is 23.8 Å². The van der Waals surface area contributed by atoms with E-state index in [1.54, 1.807) is 6.92 Å². The Bertz CT molecular complexity index is 941. The van der Waals surface area contributed by atoms with Crippen molar-refractivity contribution in [2.45, 2.75) is 38.8 Å². The molecule has 0 radical (unpaired) electrons. The van der Waals surface area contributed by atoms with Gasteiger partial charge in [-0.3, -0.25) is 0 Å². The molecule has 156 valence electrons. The Kier molecular flexibility index (Phi) is 6.42. The van der Waals surface area contributed by atoms with Crippen LogP contribution < -0.4 is 10.6 Å². The molecule has 2 aromatic rings. The van der Waals surface area contributed by atoms with Gasteiger partial charge < -0.3 is 15.4 Å². The SMILES string of the molecule is CCOC(=O)c1c(NC(=S)Nc2cc(C(F)(F)F)ccc2F)sc2c1CCCC2. The number of alkyl halides is 3. The highest BCUT2D eigenvalue weighted by molar-refractivity contribution is 7.80. The van der Waals surface area contributed by atoms with Crippen molar-refractivity contribution in [3.63, 3.8) is 0 Å². The fourth-order valence-electron chi connectivity index (χ4n) is 3.13. The van der Waals surface area contributed by atoms with Crippen molar-refractivity contribution in [3.05, 3.63) is 45.6 Å². The molecule has 1 aromatic heterocycles. The minimum Gasteiger partial charge on any atom is -0.462 e. The molecule has 0 atom stereocenters. The zero-order valence-electron chi connectivity index (χ0n) is 15.4. The van der Waals surface area contributed by atoms with E-state index in [0.29, 0.717) is 22.7 Å². The second-order valence-electron chi connectivity index (χ2n) is 6.41. The molecule has 0 amide bonds. The number of ether oxygens (including phenoxy) is 1. The summed E-state index contributed by atoms with van der Waals surface area (Å²) in [6.07, 6.45) is -1.08. The predicted molar refractivity (Wildman–Crippen MR) is 108 cm³/mol. The first-order valence-electron chi connectivity index (χ1n) is 8.97. The van der Waals surface area contributed by atoms with E-state index in [1.807, 2.05) is 0 Å². The number of fused-ring (bicyclic) bond motifs is 1. The molecule has 0 spiro atoms. The Labute approximate surface area is 174 Å². The molecule has 3 rings (SSSR count). The minimum atomic E-state index is -4.61. The third-order valence-electron chi connectivity index (χ3n) is 4.42. The first kappa shape index (κ1) is 21.5. The van der Waals surface area contributed by atoms with Gasteiger partial charge in [-0.1, -0.05) is 0 Å². The van der Waals surface area contributed by atoms with Crippen LogP contribution in [0.25, 0.3) is 0 Å². The minimum absolute atomic E-state index is 0.118. The second kappa shape index (κ2) is 8.66. The summed E-state index contributed by atoms with van der Waals surface area (Å²) in [5.41, 5.74) is -0.102. The largest absolute Gasteiger partial charge is 0.462 e. The number of anilines is 2. The first-order chi connectivity index (χ1) is 13.7. The van der Waals surface area contributed by atoms with Crippen LogP contribution in [-0.4, -0.2) is 17.7 Å². The van der Waals surface area contributed by atoms with Crippen LogP contribution >= 0.6 is 23.6 Å². The highest BCUT2D eigenvalue weighted by Crippen LogP contribution is 2.39. The van der Waals surface area contributed by atoms with E-state index in [0.717, 1.165) is 42.2 Å². The average molecular weight is 446 g/mol. The van der Waals surface area contributed by atoms with Gasteiger partial charge >= 0.3 is 12.1 Å². The van der Waals surface area contributed by atoms with Crippen molar-refractivity contribution in [3.8, 4) is 0 Å². The van der Waals surface area contributed by atoms with E-state index in [4.69, 9.17) is 17.0 Å². The van der Waals surface area contributed by atoms with Gasteiger partial charge in [0, 0.05) is 4.88 Å². The number of hydrogen-bond acceptors (Lipinski definition) is 4. The molecule has 0 saturated carbocycles. The van der Waals surface area contributed by atoms with Gasteiger partial charge in [0.05, 0.1) is 23.4 Å². The first-order valence-corrected chi connectivity index (χ1v) is 10.2. The molecule has 0 saturated heterocycles. The van der Waals surface area contributed by atoms with E-state index in [1.165, 1.54) is 11.3 Å². The molecule has 1 aliphatic carbocycles. The summed E-state index contributed by atoms with van der Waals surface area (Å²) in [7, 11) is 0. The molecule has 0 unspecified atom stereocenters. The molecule has 0 aliphatic heterocycles. The molecule has 1 aromatic carbocycles. The van der Waals surface area contributed by atoms with Crippen molar-refractivity contribution in [2.24, 2.45) is 0 Å². The van der Waals surface area contributed by atoms with Crippen molar-refractivity contribution in [2.75, 3.05) is 17.2 Å². The zero-order valence-corrected chi connectivity index (χ0v) is 17.0. The number of thiocarbonyl (C=S) groups is 1. The summed E-state index contributed by atoms with van der Waals surface area (Å²) < 4.78 is 57.7. The van der Waals surface area contributed by atoms with E-state index in [2.05, 4.69) is 10.6 Å². The Balaban J connectivity index is 1.84. The quantitative estimate of drug-likeness (QED) is 0.355. The van der Waals surface area contributed by atoms with Gasteiger partial charge in [0.2, 0.25) is 0 Å². The lowest BCUT2D eigenvalue weighted by Gasteiger charge is -2.14. The molecule has 29 heavy (non-hydrogen) atoms. The summed E-state index contributed by atoms with van der Waals surface area (Å²) >= 11 is 6.50. The summed E-state index contributed by atoms with van der Waals surface area (Å²) in [5, 5.41) is 5.61. The van der Waals surface area contributed by atoms with Crippen LogP contribution in [0.1, 0.15) is 46.1 Å². The Morgan fingerprint density at radius 2 is 1.97 bits per heavy atom. The maximum atomic E-state index is 14.0. The molecule has 1 heterocycles. The molecule has 0 bridgehead atoms. The highest BCUT2D eigenvalue weighted by Gasteiger charge is 2.31. The van der Waals surface area contributed by atoms with Crippen molar-refractivity contribution in [1.82, 2.24) is 0 Å². The zero-order chi connectivity index (χ0) is 21.2. The molecule has 2 N–H and O–H groups in total. The topological polar surface area (TPSA) is 50.4 Å². The van der Waals surface area contributed by atoms with Gasteiger partial charge in [-0.15, -0.1) is 11.3 Å². The van der Waals surface area contributed by atoms with Crippen molar-refractivity contribution >= 4 is 45.3 Å². The maximum absolute atomic E-state index is 14.0. The molecule has 1 aliphatic rings. The number of nitrogens with one attached hydrogen (secondary N) is 2. The normalized spacial score (nSPS) is 13.6. The van der Waals surface area contributed by atoms with Crippen LogP contribution in [0.2, 0.25) is 0 Å². The number of carbonyl (C=O) groups excluding carboxylic acids is 1. The standard InChI is InChI=1S/C19H18F4N2O2S2/c1-2-27-17(26)15-11-5-3-4-6-14(11)29-16(15)25-18(28)24-13-9-10(19(21,22)23)7-8-12(13)20/h7-9H,2-6H2,1H3,(H2,24,25,28). The molecular weight excluding hydrogens is 428 g/mol. The molecular formula is C19H18F4N2O2S2. The number of aryl methyl sites for hydroxylation is 1. The fourth-order valence-corrected chi connectivity index (χ4v) is 4.69. The Morgan fingerprint density at radius 1 is 1.24 bits per heavy atom. The smallest absolute Gasteiger partial charge is 0.416 e. The summed E-state index contributed by atoms with van der Waals surface area (Å²) in [5.74, 6) is -1.36. The van der Waals surface area contributed by atoms with Gasteiger partial charge in [0.25, 0.3) is 0 Å². The van der Waals surface area contributed by atoms with Crippen molar-refractivity contribution < 1.29 is 27.1 Å². The number of thiophene rings is 1. The number of esters is 1. The van der Waals surface area contributed by atoms with Crippen LogP contribution in [0.4, 0.5) is 28.3 Å². The number of benzene rings is 1. The monoisotopic (exact) mass is 446 g/mol. The van der Waals surface area contributed by atoms with Crippen molar-refractivity contribution in [1.29, 1.82) is 0 Å². The van der Waals surface area contributed by atoms with Crippen LogP contribution in [0, 0.1) is 5.82 Å². The summed E-state index contributed by atoms with van der Waals surface area (Å²) in [6, 6.07) is 2.03. The lowest BCUT2D eigenvalue weighted by molar-refractivity contribution is -0.137. The Morgan fingerprint density at radius 3 is 2.66 bits per heavy atom. The van der Waals surface area contributed by atoms with Crippen LogP contribution in [0.3, 0.4) is 0 Å². The molecule has 10 heteroatoms. The maximum Gasteiger partial charge on any atom is 0.416 e. The van der Waals surface area contributed by atoms with Gasteiger partial charge in [-0.2, -0.15) is 13.2 Å². The van der Waals surface area contributed by atoms with Gasteiger partial charge in [-0.05, 0) is 68.6 Å². The predicted octanol–water partition coefficient (Wildman–Crippen LogP) is 5.77. The third-order valence-corrected chi connectivity index (χ3v) is 5.83. The van der Waals surface area contributed by atoms with E-state index in [9.17, 15) is 22.4 Å². The summed E-state index contributed by atoms with van der Waals surface area (Å²) in [6.45, 7) is 1.91. The number of hydrogen-bond donors (Lipinski definition) is 2. The second-order valence-corrected chi connectivity index (χ2v) is 7.92. The van der Waals surface area contributed by atoms with E-state index >= 15 is 0 Å². The van der Waals surface area contributed by atoms with Crippen LogP contribution in [0.5, 0.6) is 0 Å². The highest BCUT2D eigenvalue weighted by atomic mass is 32.1. The molecule has 4 nitrogen and oxygen atoms in total. The van der Waals surface area contributed by atoms with Gasteiger partial charge in [-0.25, -0.2) is 9.18 Å². The average Bonchev–Trinajstić information content (AvgIpc) is 3.00. The Hall–Kier alpha value is -2.20.